The normalized spacial score (nSPS) is 17.0. The molecule has 6 nitrogen and oxygen atoms in total. The van der Waals surface area contributed by atoms with Gasteiger partial charge in [0.15, 0.2) is 0 Å². The van der Waals surface area contributed by atoms with Crippen LogP contribution in [0.15, 0.2) is 39.7 Å². The van der Waals surface area contributed by atoms with Crippen molar-refractivity contribution >= 4 is 5.91 Å². The first-order valence-corrected chi connectivity index (χ1v) is 9.00. The predicted molar refractivity (Wildman–Crippen MR) is 94.4 cm³/mol. The number of carbonyl (C=O) groups is 1. The van der Waals surface area contributed by atoms with E-state index < -0.39 is 5.56 Å². The van der Waals surface area contributed by atoms with Crippen LogP contribution in [0.1, 0.15) is 36.0 Å². The smallest absolute Gasteiger partial charge is 0.261 e. The number of nitrogens with one attached hydrogen (secondary N) is 2. The number of aromatic nitrogens is 1. The van der Waals surface area contributed by atoms with Crippen LogP contribution in [-0.4, -0.2) is 41.5 Å². The Labute approximate surface area is 146 Å². The molecule has 0 atom stereocenters. The van der Waals surface area contributed by atoms with E-state index in [1.54, 1.807) is 30.5 Å². The summed E-state index contributed by atoms with van der Waals surface area (Å²) >= 11 is 0. The predicted octanol–water partition coefficient (Wildman–Crippen LogP) is 2.24. The number of rotatable bonds is 8. The summed E-state index contributed by atoms with van der Waals surface area (Å²) in [6.07, 6.45) is 6.77. The highest BCUT2D eigenvalue weighted by Crippen LogP contribution is 2.34. The van der Waals surface area contributed by atoms with Gasteiger partial charge in [0.25, 0.3) is 11.5 Å². The SMILES string of the molecule is O=C(NCCN(CC1CC1)C1CC1)c1ccc(-c2ccco2)[nH]c1=O. The summed E-state index contributed by atoms with van der Waals surface area (Å²) in [7, 11) is 0. The van der Waals surface area contributed by atoms with E-state index in [0.29, 0.717) is 24.0 Å². The first kappa shape index (κ1) is 16.1. The minimum Gasteiger partial charge on any atom is -0.463 e. The highest BCUT2D eigenvalue weighted by molar-refractivity contribution is 5.94. The van der Waals surface area contributed by atoms with Gasteiger partial charge in [-0.1, -0.05) is 0 Å². The average molecular weight is 341 g/mol. The fraction of sp³-hybridized carbons (Fsp3) is 0.474. The Morgan fingerprint density at radius 2 is 2.08 bits per heavy atom. The van der Waals surface area contributed by atoms with Crippen LogP contribution in [0.25, 0.3) is 11.5 Å². The number of pyridine rings is 1. The summed E-state index contributed by atoms with van der Waals surface area (Å²) in [4.78, 5) is 29.7. The summed E-state index contributed by atoms with van der Waals surface area (Å²) in [5.74, 6) is 1.10. The second kappa shape index (κ2) is 6.88. The molecule has 0 spiro atoms. The molecule has 0 aliphatic heterocycles. The van der Waals surface area contributed by atoms with Crippen LogP contribution >= 0.6 is 0 Å². The summed E-state index contributed by atoms with van der Waals surface area (Å²) in [6, 6.07) is 7.46. The third-order valence-electron chi connectivity index (χ3n) is 4.88. The molecule has 2 heterocycles. The van der Waals surface area contributed by atoms with E-state index in [2.05, 4.69) is 15.2 Å². The van der Waals surface area contributed by atoms with Crippen molar-refractivity contribution < 1.29 is 9.21 Å². The van der Waals surface area contributed by atoms with E-state index in [1.807, 2.05) is 0 Å². The van der Waals surface area contributed by atoms with Crippen molar-refractivity contribution in [1.82, 2.24) is 15.2 Å². The standard InChI is InChI=1S/C19H23N3O3/c23-18(20-9-10-22(14-5-6-14)12-13-3-4-13)15-7-8-16(21-19(15)24)17-2-1-11-25-17/h1-2,7-8,11,13-14H,3-6,9-10,12H2,(H,20,23)(H,21,24). The molecule has 0 unspecified atom stereocenters. The first-order chi connectivity index (χ1) is 12.2. The Morgan fingerprint density at radius 3 is 2.72 bits per heavy atom. The average Bonchev–Trinajstić information content (AvgIpc) is 3.53. The van der Waals surface area contributed by atoms with Crippen LogP contribution in [0.2, 0.25) is 0 Å². The Morgan fingerprint density at radius 1 is 1.24 bits per heavy atom. The molecular weight excluding hydrogens is 318 g/mol. The highest BCUT2D eigenvalue weighted by atomic mass is 16.3. The third-order valence-corrected chi connectivity index (χ3v) is 4.88. The molecule has 6 heteroatoms. The van der Waals surface area contributed by atoms with Crippen molar-refractivity contribution in [3.05, 3.63) is 46.4 Å². The molecule has 4 rings (SSSR count). The monoisotopic (exact) mass is 341 g/mol. The van der Waals surface area contributed by atoms with Crippen molar-refractivity contribution in [2.75, 3.05) is 19.6 Å². The second-order valence-corrected chi connectivity index (χ2v) is 7.02. The number of H-pyrrole nitrogens is 1. The fourth-order valence-electron chi connectivity index (χ4n) is 3.13. The molecule has 25 heavy (non-hydrogen) atoms. The third kappa shape index (κ3) is 4.02. The molecular formula is C19H23N3O3. The van der Waals surface area contributed by atoms with Crippen molar-refractivity contribution in [1.29, 1.82) is 0 Å². The number of amides is 1. The summed E-state index contributed by atoms with van der Waals surface area (Å²) < 4.78 is 5.25. The van der Waals surface area contributed by atoms with E-state index in [1.165, 1.54) is 25.7 Å². The number of nitrogens with zero attached hydrogens (tertiary/aromatic N) is 1. The van der Waals surface area contributed by atoms with Crippen molar-refractivity contribution in [3.8, 4) is 11.5 Å². The van der Waals surface area contributed by atoms with Crippen molar-refractivity contribution in [3.63, 3.8) is 0 Å². The number of furan rings is 1. The molecule has 2 aromatic heterocycles. The summed E-state index contributed by atoms with van der Waals surface area (Å²) in [5.41, 5.74) is 0.301. The zero-order valence-electron chi connectivity index (χ0n) is 14.2. The topological polar surface area (TPSA) is 78.3 Å². The van der Waals surface area contributed by atoms with Gasteiger partial charge in [0, 0.05) is 25.7 Å². The molecule has 132 valence electrons. The van der Waals surface area contributed by atoms with E-state index in [0.717, 1.165) is 19.0 Å². The van der Waals surface area contributed by atoms with Crippen molar-refractivity contribution in [2.24, 2.45) is 5.92 Å². The van der Waals surface area contributed by atoms with E-state index in [4.69, 9.17) is 4.42 Å². The minimum absolute atomic E-state index is 0.135. The van der Waals surface area contributed by atoms with E-state index in [9.17, 15) is 9.59 Å². The lowest BCUT2D eigenvalue weighted by Gasteiger charge is -2.21. The molecule has 2 aromatic rings. The fourth-order valence-corrected chi connectivity index (χ4v) is 3.13. The van der Waals surface area contributed by atoms with Gasteiger partial charge in [-0.05, 0) is 55.9 Å². The number of aromatic amines is 1. The quantitative estimate of drug-likeness (QED) is 0.772. The maximum atomic E-state index is 12.3. The minimum atomic E-state index is -0.400. The first-order valence-electron chi connectivity index (χ1n) is 9.00. The van der Waals surface area contributed by atoms with Crippen LogP contribution in [0.5, 0.6) is 0 Å². The molecule has 2 aliphatic carbocycles. The van der Waals surface area contributed by atoms with Gasteiger partial charge in [0.1, 0.15) is 11.3 Å². The molecule has 2 aliphatic rings. The molecule has 0 bridgehead atoms. The van der Waals surface area contributed by atoms with Crippen LogP contribution in [0.3, 0.4) is 0 Å². The molecule has 0 radical (unpaired) electrons. The lowest BCUT2D eigenvalue weighted by molar-refractivity contribution is 0.0945. The van der Waals surface area contributed by atoms with Gasteiger partial charge in [0.05, 0.1) is 12.0 Å². The lowest BCUT2D eigenvalue weighted by atomic mass is 10.2. The second-order valence-electron chi connectivity index (χ2n) is 7.02. The zero-order chi connectivity index (χ0) is 17.2. The van der Waals surface area contributed by atoms with E-state index in [-0.39, 0.29) is 11.5 Å². The van der Waals surface area contributed by atoms with Gasteiger partial charge >= 0.3 is 0 Å². The Kier molecular flexibility index (Phi) is 4.44. The molecule has 0 saturated heterocycles. The Hall–Kier alpha value is -2.34. The maximum absolute atomic E-state index is 12.3. The summed E-state index contributed by atoms with van der Waals surface area (Å²) in [5, 5.41) is 2.88. The summed E-state index contributed by atoms with van der Waals surface area (Å²) in [6.45, 7) is 2.58. The van der Waals surface area contributed by atoms with Crippen LogP contribution in [0.4, 0.5) is 0 Å². The van der Waals surface area contributed by atoms with E-state index >= 15 is 0 Å². The van der Waals surface area contributed by atoms with Crippen LogP contribution in [0, 0.1) is 5.92 Å². The van der Waals surface area contributed by atoms with Gasteiger partial charge in [-0.15, -0.1) is 0 Å². The van der Waals surface area contributed by atoms with Crippen LogP contribution < -0.4 is 10.9 Å². The van der Waals surface area contributed by atoms with Gasteiger partial charge < -0.3 is 14.7 Å². The largest absolute Gasteiger partial charge is 0.463 e. The van der Waals surface area contributed by atoms with Gasteiger partial charge in [-0.2, -0.15) is 0 Å². The molecule has 2 N–H and O–H groups in total. The molecule has 2 saturated carbocycles. The maximum Gasteiger partial charge on any atom is 0.261 e. The Balaban J connectivity index is 1.33. The van der Waals surface area contributed by atoms with Gasteiger partial charge in [-0.25, -0.2) is 0 Å². The van der Waals surface area contributed by atoms with Gasteiger partial charge in [0.2, 0.25) is 0 Å². The van der Waals surface area contributed by atoms with Crippen molar-refractivity contribution in [2.45, 2.75) is 31.7 Å². The molecule has 1 amide bonds. The Bertz CT molecular complexity index is 788. The molecule has 0 aromatic carbocycles. The zero-order valence-corrected chi connectivity index (χ0v) is 14.2. The van der Waals surface area contributed by atoms with Crippen LogP contribution in [-0.2, 0) is 0 Å². The number of hydrogen-bond donors (Lipinski definition) is 2. The number of carbonyl (C=O) groups excluding carboxylic acids is 1. The van der Waals surface area contributed by atoms with Gasteiger partial charge in [-0.3, -0.25) is 14.5 Å². The molecule has 2 fully saturated rings. The lowest BCUT2D eigenvalue weighted by Crippen LogP contribution is -2.38. The number of hydrogen-bond acceptors (Lipinski definition) is 4. The highest BCUT2D eigenvalue weighted by Gasteiger charge is 2.33.